The monoisotopic (exact) mass is 271 g/mol. The van der Waals surface area contributed by atoms with Gasteiger partial charge in [0.25, 0.3) is 5.91 Å². The second-order valence-electron chi connectivity index (χ2n) is 4.90. The predicted octanol–water partition coefficient (Wildman–Crippen LogP) is 4.26. The molecular weight excluding hydrogens is 253 g/mol. The molecule has 104 valence electrons. The summed E-state index contributed by atoms with van der Waals surface area (Å²) in [5.41, 5.74) is 3.74. The number of hydrogen-bond acceptors (Lipinski definition) is 1. The van der Waals surface area contributed by atoms with Crippen molar-refractivity contribution in [3.05, 3.63) is 64.5 Å². The van der Waals surface area contributed by atoms with Crippen molar-refractivity contribution in [1.29, 1.82) is 0 Å². The number of anilines is 1. The summed E-state index contributed by atoms with van der Waals surface area (Å²) >= 11 is 0. The number of carbonyl (C=O) groups excluding carboxylic acids is 1. The fourth-order valence-corrected chi connectivity index (χ4v) is 2.20. The molecule has 0 unspecified atom stereocenters. The fraction of sp³-hybridized carbons (Fsp3) is 0.235. The van der Waals surface area contributed by atoms with Crippen LogP contribution in [-0.4, -0.2) is 5.91 Å². The van der Waals surface area contributed by atoms with E-state index in [1.807, 2.05) is 39.0 Å². The number of hydrogen-bond donors (Lipinski definition) is 1. The van der Waals surface area contributed by atoms with Crippen molar-refractivity contribution in [2.45, 2.75) is 27.2 Å². The Balaban J connectivity index is 2.35. The standard InChI is InChI=1S/C17H18FNO/c1-4-13-7-5-6-12(3)16(13)19-17(20)14-10-11(2)8-9-15(14)18/h5-10H,4H2,1-3H3,(H,19,20). The first-order valence-electron chi connectivity index (χ1n) is 6.69. The van der Waals surface area contributed by atoms with E-state index in [9.17, 15) is 9.18 Å². The van der Waals surface area contributed by atoms with Gasteiger partial charge in [0.15, 0.2) is 0 Å². The molecule has 1 amide bonds. The summed E-state index contributed by atoms with van der Waals surface area (Å²) in [6, 6.07) is 10.4. The molecule has 1 N–H and O–H groups in total. The van der Waals surface area contributed by atoms with E-state index in [1.54, 1.807) is 12.1 Å². The average molecular weight is 271 g/mol. The highest BCUT2D eigenvalue weighted by Gasteiger charge is 2.14. The topological polar surface area (TPSA) is 29.1 Å². The van der Waals surface area contributed by atoms with Gasteiger partial charge in [-0.05, 0) is 43.5 Å². The molecular formula is C17H18FNO. The molecule has 0 aromatic heterocycles. The van der Waals surface area contributed by atoms with Crippen LogP contribution in [0.1, 0.15) is 34.0 Å². The Morgan fingerprint density at radius 1 is 1.20 bits per heavy atom. The van der Waals surface area contributed by atoms with Gasteiger partial charge in [-0.2, -0.15) is 0 Å². The van der Waals surface area contributed by atoms with Gasteiger partial charge < -0.3 is 5.32 Å². The summed E-state index contributed by atoms with van der Waals surface area (Å²) in [6.07, 6.45) is 0.813. The van der Waals surface area contributed by atoms with Gasteiger partial charge in [-0.15, -0.1) is 0 Å². The van der Waals surface area contributed by atoms with E-state index in [1.165, 1.54) is 6.07 Å². The summed E-state index contributed by atoms with van der Waals surface area (Å²) < 4.78 is 13.7. The average Bonchev–Trinajstić information content (AvgIpc) is 2.43. The van der Waals surface area contributed by atoms with Crippen LogP contribution in [0.3, 0.4) is 0 Å². The van der Waals surface area contributed by atoms with Crippen molar-refractivity contribution >= 4 is 11.6 Å². The second kappa shape index (κ2) is 5.87. The maximum Gasteiger partial charge on any atom is 0.258 e. The summed E-state index contributed by atoms with van der Waals surface area (Å²) in [6.45, 7) is 5.79. The summed E-state index contributed by atoms with van der Waals surface area (Å²) in [5, 5.41) is 2.84. The van der Waals surface area contributed by atoms with E-state index < -0.39 is 11.7 Å². The van der Waals surface area contributed by atoms with Crippen LogP contribution < -0.4 is 5.32 Å². The largest absolute Gasteiger partial charge is 0.321 e. The van der Waals surface area contributed by atoms with Gasteiger partial charge in [0.2, 0.25) is 0 Å². The molecule has 0 aliphatic heterocycles. The van der Waals surface area contributed by atoms with Gasteiger partial charge in [0.1, 0.15) is 5.82 Å². The molecule has 2 rings (SSSR count). The number of para-hydroxylation sites is 1. The number of benzene rings is 2. The highest BCUT2D eigenvalue weighted by atomic mass is 19.1. The van der Waals surface area contributed by atoms with Crippen molar-refractivity contribution in [3.8, 4) is 0 Å². The Hall–Kier alpha value is -2.16. The van der Waals surface area contributed by atoms with Gasteiger partial charge >= 0.3 is 0 Å². The summed E-state index contributed by atoms with van der Waals surface area (Å²) in [4.78, 5) is 12.3. The van der Waals surface area contributed by atoms with Gasteiger partial charge in [-0.1, -0.05) is 36.8 Å². The molecule has 0 fully saturated rings. The zero-order valence-corrected chi connectivity index (χ0v) is 12.0. The molecule has 0 spiro atoms. The van der Waals surface area contributed by atoms with E-state index in [0.29, 0.717) is 0 Å². The van der Waals surface area contributed by atoms with Crippen molar-refractivity contribution in [1.82, 2.24) is 0 Å². The highest BCUT2D eigenvalue weighted by molar-refractivity contribution is 6.05. The lowest BCUT2D eigenvalue weighted by molar-refractivity contribution is 0.102. The Morgan fingerprint density at radius 2 is 1.95 bits per heavy atom. The summed E-state index contributed by atoms with van der Waals surface area (Å²) in [5.74, 6) is -0.907. The third kappa shape index (κ3) is 2.87. The molecule has 2 nitrogen and oxygen atoms in total. The third-order valence-electron chi connectivity index (χ3n) is 3.35. The predicted molar refractivity (Wildman–Crippen MR) is 79.6 cm³/mol. The number of carbonyl (C=O) groups is 1. The quantitative estimate of drug-likeness (QED) is 0.888. The van der Waals surface area contributed by atoms with Crippen molar-refractivity contribution in [2.75, 3.05) is 5.32 Å². The maximum atomic E-state index is 13.7. The van der Waals surface area contributed by atoms with Gasteiger partial charge in [0, 0.05) is 5.69 Å². The number of aryl methyl sites for hydroxylation is 3. The molecule has 0 radical (unpaired) electrons. The normalized spacial score (nSPS) is 10.4. The second-order valence-corrected chi connectivity index (χ2v) is 4.90. The Kier molecular flexibility index (Phi) is 4.18. The first kappa shape index (κ1) is 14.3. The maximum absolute atomic E-state index is 13.7. The molecule has 0 saturated heterocycles. The van der Waals surface area contributed by atoms with Crippen LogP contribution in [0.25, 0.3) is 0 Å². The zero-order valence-electron chi connectivity index (χ0n) is 12.0. The van der Waals surface area contributed by atoms with Crippen LogP contribution in [0, 0.1) is 19.7 Å². The molecule has 0 aliphatic rings. The lowest BCUT2D eigenvalue weighted by Gasteiger charge is -2.13. The Morgan fingerprint density at radius 3 is 2.65 bits per heavy atom. The highest BCUT2D eigenvalue weighted by Crippen LogP contribution is 2.22. The minimum Gasteiger partial charge on any atom is -0.321 e. The molecule has 0 bridgehead atoms. The molecule has 0 heterocycles. The molecule has 0 saturated carbocycles. The smallest absolute Gasteiger partial charge is 0.258 e. The minimum absolute atomic E-state index is 0.0790. The van der Waals surface area contributed by atoms with E-state index in [0.717, 1.165) is 28.8 Å². The van der Waals surface area contributed by atoms with E-state index in [4.69, 9.17) is 0 Å². The lowest BCUT2D eigenvalue weighted by atomic mass is 10.0. The van der Waals surface area contributed by atoms with Crippen LogP contribution >= 0.6 is 0 Å². The van der Waals surface area contributed by atoms with E-state index >= 15 is 0 Å². The van der Waals surface area contributed by atoms with Crippen molar-refractivity contribution in [2.24, 2.45) is 0 Å². The van der Waals surface area contributed by atoms with Gasteiger partial charge in [-0.25, -0.2) is 4.39 Å². The lowest BCUT2D eigenvalue weighted by Crippen LogP contribution is -2.16. The molecule has 2 aromatic rings. The number of amides is 1. The number of halogens is 1. The SMILES string of the molecule is CCc1cccc(C)c1NC(=O)c1cc(C)ccc1F. The minimum atomic E-state index is -0.500. The zero-order chi connectivity index (χ0) is 14.7. The Labute approximate surface area is 118 Å². The third-order valence-corrected chi connectivity index (χ3v) is 3.35. The van der Waals surface area contributed by atoms with Crippen molar-refractivity contribution in [3.63, 3.8) is 0 Å². The molecule has 3 heteroatoms. The van der Waals surface area contributed by atoms with Gasteiger partial charge in [0.05, 0.1) is 5.56 Å². The van der Waals surface area contributed by atoms with Crippen LogP contribution in [0.5, 0.6) is 0 Å². The van der Waals surface area contributed by atoms with Crippen LogP contribution in [-0.2, 0) is 6.42 Å². The first-order chi connectivity index (χ1) is 9.52. The van der Waals surface area contributed by atoms with E-state index in [-0.39, 0.29) is 5.56 Å². The fourth-order valence-electron chi connectivity index (χ4n) is 2.20. The molecule has 2 aromatic carbocycles. The summed E-state index contributed by atoms with van der Waals surface area (Å²) in [7, 11) is 0. The van der Waals surface area contributed by atoms with E-state index in [2.05, 4.69) is 5.32 Å². The van der Waals surface area contributed by atoms with Crippen LogP contribution in [0.15, 0.2) is 36.4 Å². The van der Waals surface area contributed by atoms with Gasteiger partial charge in [-0.3, -0.25) is 4.79 Å². The first-order valence-corrected chi connectivity index (χ1v) is 6.69. The van der Waals surface area contributed by atoms with Crippen LogP contribution in [0.2, 0.25) is 0 Å². The Bertz CT molecular complexity index is 649. The van der Waals surface area contributed by atoms with Crippen LogP contribution in [0.4, 0.5) is 10.1 Å². The number of rotatable bonds is 3. The molecule has 0 atom stereocenters. The molecule has 0 aliphatic carbocycles. The molecule has 20 heavy (non-hydrogen) atoms. The van der Waals surface area contributed by atoms with Crippen molar-refractivity contribution < 1.29 is 9.18 Å². The number of nitrogens with one attached hydrogen (secondary N) is 1.